The molecule has 0 unspecified atom stereocenters. The van der Waals surface area contributed by atoms with Crippen molar-refractivity contribution >= 4 is 23.5 Å². The van der Waals surface area contributed by atoms with E-state index in [2.05, 4.69) is 20.5 Å². The standard InChI is InChI=1S/C16H10F4N4S/c17-14-7-6-11(25-14)9-21-24-15-22-12(10-4-2-1-3-5-10)8-13(23-15)16(18,19)20/h1-9H,(H,22,23,24). The molecule has 0 bridgehead atoms. The Morgan fingerprint density at radius 2 is 1.80 bits per heavy atom. The Morgan fingerprint density at radius 3 is 2.44 bits per heavy atom. The number of halogens is 4. The summed E-state index contributed by atoms with van der Waals surface area (Å²) in [7, 11) is 0. The number of hydrazone groups is 1. The molecule has 0 aliphatic carbocycles. The van der Waals surface area contributed by atoms with Crippen LogP contribution in [0.2, 0.25) is 0 Å². The van der Waals surface area contributed by atoms with E-state index < -0.39 is 11.9 Å². The van der Waals surface area contributed by atoms with Crippen molar-refractivity contribution in [1.29, 1.82) is 0 Å². The molecule has 2 aromatic heterocycles. The van der Waals surface area contributed by atoms with Gasteiger partial charge in [-0.1, -0.05) is 30.3 Å². The van der Waals surface area contributed by atoms with Crippen molar-refractivity contribution in [2.24, 2.45) is 5.10 Å². The number of hydrogen-bond donors (Lipinski definition) is 1. The molecule has 25 heavy (non-hydrogen) atoms. The first-order valence-corrected chi connectivity index (χ1v) is 7.79. The molecule has 9 heteroatoms. The Bertz CT molecular complexity index is 891. The molecular formula is C16H10F4N4S. The summed E-state index contributed by atoms with van der Waals surface area (Å²) in [5.41, 5.74) is 1.90. The highest BCUT2D eigenvalue weighted by Gasteiger charge is 2.33. The summed E-state index contributed by atoms with van der Waals surface area (Å²) in [6.07, 6.45) is -3.34. The van der Waals surface area contributed by atoms with Crippen LogP contribution in [0.25, 0.3) is 11.3 Å². The number of anilines is 1. The van der Waals surface area contributed by atoms with Gasteiger partial charge in [0, 0.05) is 5.56 Å². The maximum atomic E-state index is 13.1. The molecule has 128 valence electrons. The number of alkyl halides is 3. The lowest BCUT2D eigenvalue weighted by atomic mass is 10.1. The maximum Gasteiger partial charge on any atom is 0.433 e. The van der Waals surface area contributed by atoms with Gasteiger partial charge in [-0.3, -0.25) is 0 Å². The molecule has 1 N–H and O–H groups in total. The van der Waals surface area contributed by atoms with Crippen LogP contribution in [0.15, 0.2) is 53.6 Å². The largest absolute Gasteiger partial charge is 0.433 e. The molecule has 2 heterocycles. The minimum atomic E-state index is -4.62. The molecule has 0 saturated carbocycles. The summed E-state index contributed by atoms with van der Waals surface area (Å²) in [6, 6.07) is 12.1. The number of rotatable bonds is 4. The topological polar surface area (TPSA) is 50.2 Å². The molecule has 4 nitrogen and oxygen atoms in total. The monoisotopic (exact) mass is 366 g/mol. The van der Waals surface area contributed by atoms with Gasteiger partial charge in [-0.05, 0) is 18.2 Å². The second-order valence-corrected chi connectivity index (χ2v) is 5.90. The fraction of sp³-hybridized carbons (Fsp3) is 0.0625. The average molecular weight is 366 g/mol. The van der Waals surface area contributed by atoms with E-state index in [4.69, 9.17) is 0 Å². The lowest BCUT2D eigenvalue weighted by molar-refractivity contribution is -0.141. The number of hydrogen-bond acceptors (Lipinski definition) is 5. The van der Waals surface area contributed by atoms with Crippen LogP contribution in [0, 0.1) is 5.13 Å². The minimum absolute atomic E-state index is 0.114. The second kappa shape index (κ2) is 6.98. The van der Waals surface area contributed by atoms with Crippen LogP contribution in [0.5, 0.6) is 0 Å². The van der Waals surface area contributed by atoms with Crippen molar-refractivity contribution in [3.63, 3.8) is 0 Å². The highest BCUT2D eigenvalue weighted by molar-refractivity contribution is 7.12. The molecule has 0 fully saturated rings. The van der Waals surface area contributed by atoms with Gasteiger partial charge in [0.2, 0.25) is 5.95 Å². The van der Waals surface area contributed by atoms with Crippen LogP contribution in [-0.2, 0) is 6.18 Å². The third-order valence-corrected chi connectivity index (χ3v) is 3.84. The maximum absolute atomic E-state index is 13.1. The quantitative estimate of drug-likeness (QED) is 0.410. The van der Waals surface area contributed by atoms with Crippen molar-refractivity contribution in [2.75, 3.05) is 5.43 Å². The van der Waals surface area contributed by atoms with Crippen molar-refractivity contribution < 1.29 is 17.6 Å². The lowest BCUT2D eigenvalue weighted by Gasteiger charge is -2.10. The predicted molar refractivity (Wildman–Crippen MR) is 88.0 cm³/mol. The van der Waals surface area contributed by atoms with E-state index in [1.807, 2.05) is 0 Å². The highest BCUT2D eigenvalue weighted by atomic mass is 32.1. The first-order chi connectivity index (χ1) is 11.9. The van der Waals surface area contributed by atoms with Crippen LogP contribution < -0.4 is 5.43 Å². The number of benzene rings is 1. The summed E-state index contributed by atoms with van der Waals surface area (Å²) in [5.74, 6) is -0.304. The van der Waals surface area contributed by atoms with E-state index in [0.717, 1.165) is 17.4 Å². The van der Waals surface area contributed by atoms with Gasteiger partial charge in [0.05, 0.1) is 16.8 Å². The van der Waals surface area contributed by atoms with E-state index in [9.17, 15) is 17.6 Å². The van der Waals surface area contributed by atoms with E-state index in [1.54, 1.807) is 30.3 Å². The normalized spacial score (nSPS) is 11.8. The van der Waals surface area contributed by atoms with Gasteiger partial charge in [-0.15, -0.1) is 11.3 Å². The van der Waals surface area contributed by atoms with E-state index in [1.165, 1.54) is 18.3 Å². The van der Waals surface area contributed by atoms with Crippen molar-refractivity contribution in [3.8, 4) is 11.3 Å². The molecule has 0 aliphatic rings. The van der Waals surface area contributed by atoms with Crippen LogP contribution in [0.4, 0.5) is 23.5 Å². The fourth-order valence-corrected chi connectivity index (χ4v) is 2.55. The molecule has 1 aromatic carbocycles. The van der Waals surface area contributed by atoms with Gasteiger partial charge >= 0.3 is 6.18 Å². The molecule has 3 aromatic rings. The predicted octanol–water partition coefficient (Wildman–Crippen LogP) is 4.81. The summed E-state index contributed by atoms with van der Waals surface area (Å²) >= 11 is 0.854. The van der Waals surface area contributed by atoms with Crippen LogP contribution in [0.1, 0.15) is 10.6 Å². The van der Waals surface area contributed by atoms with E-state index in [-0.39, 0.29) is 16.8 Å². The average Bonchev–Trinajstić information content (AvgIpc) is 3.00. The van der Waals surface area contributed by atoms with Crippen LogP contribution in [-0.4, -0.2) is 16.2 Å². The number of aromatic nitrogens is 2. The van der Waals surface area contributed by atoms with Gasteiger partial charge in [0.15, 0.2) is 10.8 Å². The zero-order chi connectivity index (χ0) is 17.9. The van der Waals surface area contributed by atoms with E-state index in [0.29, 0.717) is 10.4 Å². The number of nitrogens with zero attached hydrogens (tertiary/aromatic N) is 3. The lowest BCUT2D eigenvalue weighted by Crippen LogP contribution is -2.11. The van der Waals surface area contributed by atoms with Gasteiger partial charge < -0.3 is 0 Å². The smallest absolute Gasteiger partial charge is 0.245 e. The van der Waals surface area contributed by atoms with Crippen LogP contribution in [0.3, 0.4) is 0 Å². The molecule has 0 radical (unpaired) electrons. The summed E-state index contributed by atoms with van der Waals surface area (Å²) in [6.45, 7) is 0. The third-order valence-electron chi connectivity index (χ3n) is 3.04. The SMILES string of the molecule is Fc1ccc(C=NNc2nc(-c3ccccc3)cc(C(F)(F)F)n2)s1. The van der Waals surface area contributed by atoms with Gasteiger partial charge in [-0.25, -0.2) is 15.4 Å². The summed E-state index contributed by atoms with van der Waals surface area (Å²) < 4.78 is 52.1. The summed E-state index contributed by atoms with van der Waals surface area (Å²) in [4.78, 5) is 7.98. The number of thiophene rings is 1. The Balaban J connectivity index is 1.91. The molecule has 0 saturated heterocycles. The Labute approximate surface area is 143 Å². The van der Waals surface area contributed by atoms with E-state index >= 15 is 0 Å². The molecule has 3 rings (SSSR count). The zero-order valence-electron chi connectivity index (χ0n) is 12.5. The second-order valence-electron chi connectivity index (χ2n) is 4.84. The number of nitrogens with one attached hydrogen (secondary N) is 1. The summed E-state index contributed by atoms with van der Waals surface area (Å²) in [5, 5.41) is 3.37. The molecule has 0 amide bonds. The van der Waals surface area contributed by atoms with Gasteiger partial charge in [-0.2, -0.15) is 22.7 Å². The first-order valence-electron chi connectivity index (χ1n) is 6.98. The first kappa shape index (κ1) is 17.0. The third kappa shape index (κ3) is 4.38. The minimum Gasteiger partial charge on any atom is -0.245 e. The molecule has 0 spiro atoms. The molecular weight excluding hydrogens is 356 g/mol. The zero-order valence-corrected chi connectivity index (χ0v) is 13.3. The highest BCUT2D eigenvalue weighted by Crippen LogP contribution is 2.31. The van der Waals surface area contributed by atoms with Crippen LogP contribution >= 0.6 is 11.3 Å². The Hall–Kier alpha value is -2.81. The van der Waals surface area contributed by atoms with Gasteiger partial charge in [0.1, 0.15) is 0 Å². The molecule has 0 aliphatic heterocycles. The Morgan fingerprint density at radius 1 is 1.04 bits per heavy atom. The van der Waals surface area contributed by atoms with Gasteiger partial charge in [0.25, 0.3) is 0 Å². The molecule has 0 atom stereocenters. The van der Waals surface area contributed by atoms with Crippen molar-refractivity contribution in [1.82, 2.24) is 9.97 Å². The Kier molecular flexibility index (Phi) is 4.75. The van der Waals surface area contributed by atoms with Crippen molar-refractivity contribution in [3.05, 3.63) is 64.2 Å². The fourth-order valence-electron chi connectivity index (χ4n) is 1.95. The van der Waals surface area contributed by atoms with Crippen molar-refractivity contribution in [2.45, 2.75) is 6.18 Å².